The van der Waals surface area contributed by atoms with Crippen LogP contribution in [-0.4, -0.2) is 40.1 Å². The van der Waals surface area contributed by atoms with Gasteiger partial charge in [0.05, 0.1) is 16.6 Å². The predicted octanol–water partition coefficient (Wildman–Crippen LogP) is 2.28. The van der Waals surface area contributed by atoms with Crippen molar-refractivity contribution in [3.8, 4) is 0 Å². The Labute approximate surface area is 157 Å². The lowest BCUT2D eigenvalue weighted by Gasteiger charge is -2.35. The molecule has 1 saturated heterocycles. The molecule has 1 aliphatic carbocycles. The maximum absolute atomic E-state index is 12.4. The molecule has 3 N–H and O–H groups in total. The minimum atomic E-state index is -0.396. The zero-order chi connectivity index (χ0) is 18.5. The summed E-state index contributed by atoms with van der Waals surface area (Å²) < 4.78 is 2.14. The first-order chi connectivity index (χ1) is 13.2. The van der Waals surface area contributed by atoms with Crippen LogP contribution in [0.1, 0.15) is 40.7 Å². The van der Waals surface area contributed by atoms with Crippen LogP contribution in [0.2, 0.25) is 0 Å². The van der Waals surface area contributed by atoms with Crippen molar-refractivity contribution in [3.05, 3.63) is 41.0 Å². The molecule has 2 aromatic heterocycles. The molecule has 1 fully saturated rings. The zero-order valence-corrected chi connectivity index (χ0v) is 15.3. The van der Waals surface area contributed by atoms with Crippen LogP contribution in [0.5, 0.6) is 0 Å². The summed E-state index contributed by atoms with van der Waals surface area (Å²) in [4.78, 5) is 19.5. The third-order valence-electron chi connectivity index (χ3n) is 6.11. The number of carbonyl (C=O) groups excluding carboxylic acids is 1. The van der Waals surface area contributed by atoms with E-state index in [0.717, 1.165) is 67.6 Å². The number of amides is 1. The van der Waals surface area contributed by atoms with Gasteiger partial charge in [-0.1, -0.05) is 12.1 Å². The average molecular weight is 364 g/mol. The van der Waals surface area contributed by atoms with Crippen molar-refractivity contribution in [1.29, 1.82) is 0 Å². The number of aliphatic hydroxyl groups excluding tert-OH is 1. The normalized spacial score (nSPS) is 19.7. The van der Waals surface area contributed by atoms with Crippen LogP contribution >= 0.6 is 0 Å². The molecule has 1 aliphatic heterocycles. The molecule has 0 saturated carbocycles. The van der Waals surface area contributed by atoms with E-state index < -0.39 is 5.91 Å². The van der Waals surface area contributed by atoms with Gasteiger partial charge in [-0.15, -0.1) is 0 Å². The molecule has 1 atom stereocenters. The Bertz CT molecular complexity index is 1060. The van der Waals surface area contributed by atoms with Crippen LogP contribution in [0, 0.1) is 5.92 Å². The summed E-state index contributed by atoms with van der Waals surface area (Å²) in [5, 5.41) is 9.70. The molecule has 3 heterocycles. The standard InChI is InChI=1S/C21H24N4O2/c22-19(27)18-14-6-3-7-15(14)21(24-10-4-5-13(11-24)12-26)25-17-9-2-1-8-16(17)23-20(18)25/h1-2,8-9,13,26H,3-7,10-12H2,(H2,22,27). The quantitative estimate of drug-likeness (QED) is 0.747. The Kier molecular flexibility index (Phi) is 3.82. The van der Waals surface area contributed by atoms with Gasteiger partial charge >= 0.3 is 0 Å². The molecule has 2 aliphatic rings. The zero-order valence-electron chi connectivity index (χ0n) is 15.3. The number of aromatic nitrogens is 2. The number of hydrogen-bond donors (Lipinski definition) is 2. The number of benzene rings is 1. The Morgan fingerprint density at radius 2 is 2.04 bits per heavy atom. The van der Waals surface area contributed by atoms with Crippen LogP contribution in [0.25, 0.3) is 16.7 Å². The number of imidazole rings is 1. The van der Waals surface area contributed by atoms with Gasteiger partial charge in [0.2, 0.25) is 0 Å². The molecule has 1 unspecified atom stereocenters. The number of anilines is 1. The first kappa shape index (κ1) is 16.6. The summed E-state index contributed by atoms with van der Waals surface area (Å²) in [6.45, 7) is 2.01. The van der Waals surface area contributed by atoms with Crippen LogP contribution in [0.15, 0.2) is 24.3 Å². The summed E-state index contributed by atoms with van der Waals surface area (Å²) in [6, 6.07) is 8.01. The number of fused-ring (bicyclic) bond motifs is 4. The highest BCUT2D eigenvalue weighted by molar-refractivity contribution is 6.03. The van der Waals surface area contributed by atoms with Crippen molar-refractivity contribution in [2.45, 2.75) is 32.1 Å². The SMILES string of the molecule is NC(=O)c1c2c(c(N3CCCC(CO)C3)n3c1nc1ccccc13)CCC2. The Hall–Kier alpha value is -2.60. The fourth-order valence-electron chi connectivity index (χ4n) is 4.94. The number of nitrogens with zero attached hydrogens (tertiary/aromatic N) is 3. The van der Waals surface area contributed by atoms with E-state index in [0.29, 0.717) is 11.2 Å². The molecule has 0 radical (unpaired) electrons. The molecule has 5 rings (SSSR count). The first-order valence-corrected chi connectivity index (χ1v) is 9.79. The molecule has 6 heteroatoms. The topological polar surface area (TPSA) is 83.9 Å². The van der Waals surface area contributed by atoms with Crippen molar-refractivity contribution < 1.29 is 9.90 Å². The van der Waals surface area contributed by atoms with Crippen molar-refractivity contribution in [2.24, 2.45) is 11.7 Å². The second kappa shape index (κ2) is 6.23. The minimum absolute atomic E-state index is 0.214. The number of piperidine rings is 1. The van der Waals surface area contributed by atoms with Gasteiger partial charge in [0.15, 0.2) is 5.65 Å². The second-order valence-corrected chi connectivity index (χ2v) is 7.77. The molecule has 1 aromatic carbocycles. The van der Waals surface area contributed by atoms with Gasteiger partial charge < -0.3 is 15.7 Å². The van der Waals surface area contributed by atoms with Gasteiger partial charge in [-0.25, -0.2) is 4.98 Å². The molecule has 27 heavy (non-hydrogen) atoms. The highest BCUT2D eigenvalue weighted by atomic mass is 16.3. The van der Waals surface area contributed by atoms with Crippen molar-refractivity contribution in [3.63, 3.8) is 0 Å². The monoisotopic (exact) mass is 364 g/mol. The number of carbonyl (C=O) groups is 1. The highest BCUT2D eigenvalue weighted by Gasteiger charge is 2.31. The van der Waals surface area contributed by atoms with Gasteiger partial charge in [-0.05, 0) is 61.3 Å². The number of nitrogens with two attached hydrogens (primary N) is 1. The van der Waals surface area contributed by atoms with Gasteiger partial charge in [0.25, 0.3) is 5.91 Å². The fourth-order valence-corrected chi connectivity index (χ4v) is 4.94. The number of hydrogen-bond acceptors (Lipinski definition) is 4. The van der Waals surface area contributed by atoms with Gasteiger partial charge in [-0.3, -0.25) is 9.20 Å². The molecule has 140 valence electrons. The van der Waals surface area contributed by atoms with E-state index in [2.05, 4.69) is 15.4 Å². The summed E-state index contributed by atoms with van der Waals surface area (Å²) in [5.74, 6) is 1.04. The summed E-state index contributed by atoms with van der Waals surface area (Å²) in [5.41, 5.74) is 11.3. The molecule has 0 bridgehead atoms. The largest absolute Gasteiger partial charge is 0.396 e. The molecule has 3 aromatic rings. The van der Waals surface area contributed by atoms with Crippen LogP contribution in [0.3, 0.4) is 0 Å². The number of pyridine rings is 1. The number of rotatable bonds is 3. The Morgan fingerprint density at radius 3 is 2.85 bits per heavy atom. The number of aliphatic hydroxyl groups is 1. The summed E-state index contributed by atoms with van der Waals surface area (Å²) in [7, 11) is 0. The van der Waals surface area contributed by atoms with Crippen molar-refractivity contribution in [2.75, 3.05) is 24.6 Å². The van der Waals surface area contributed by atoms with E-state index in [9.17, 15) is 9.90 Å². The third-order valence-corrected chi connectivity index (χ3v) is 6.11. The fraction of sp³-hybridized carbons (Fsp3) is 0.429. The van der Waals surface area contributed by atoms with Gasteiger partial charge in [0.1, 0.15) is 5.82 Å². The Morgan fingerprint density at radius 1 is 1.22 bits per heavy atom. The van der Waals surface area contributed by atoms with E-state index in [1.54, 1.807) is 0 Å². The van der Waals surface area contributed by atoms with E-state index in [4.69, 9.17) is 10.7 Å². The van der Waals surface area contributed by atoms with Crippen LogP contribution < -0.4 is 10.6 Å². The molecule has 1 amide bonds. The van der Waals surface area contributed by atoms with E-state index in [1.807, 2.05) is 18.2 Å². The van der Waals surface area contributed by atoms with Gasteiger partial charge in [-0.2, -0.15) is 0 Å². The third kappa shape index (κ3) is 2.43. The Balaban J connectivity index is 1.86. The maximum atomic E-state index is 12.4. The second-order valence-electron chi connectivity index (χ2n) is 7.77. The van der Waals surface area contributed by atoms with Crippen molar-refractivity contribution in [1.82, 2.24) is 9.38 Å². The number of para-hydroxylation sites is 2. The molecule has 6 nitrogen and oxygen atoms in total. The summed E-state index contributed by atoms with van der Waals surface area (Å²) >= 11 is 0. The lowest BCUT2D eigenvalue weighted by molar-refractivity contribution is 0.100. The average Bonchev–Trinajstić information content (AvgIpc) is 3.30. The van der Waals surface area contributed by atoms with Crippen LogP contribution in [0.4, 0.5) is 5.82 Å². The lowest BCUT2D eigenvalue weighted by atomic mass is 9.97. The van der Waals surface area contributed by atoms with Crippen LogP contribution in [-0.2, 0) is 12.8 Å². The van der Waals surface area contributed by atoms with Gasteiger partial charge in [0, 0.05) is 19.7 Å². The number of primary amides is 1. The summed E-state index contributed by atoms with van der Waals surface area (Å²) in [6.07, 6.45) is 4.98. The predicted molar refractivity (Wildman–Crippen MR) is 105 cm³/mol. The molecular formula is C21H24N4O2. The molecule has 0 spiro atoms. The smallest absolute Gasteiger partial charge is 0.252 e. The maximum Gasteiger partial charge on any atom is 0.252 e. The first-order valence-electron chi connectivity index (χ1n) is 9.79. The minimum Gasteiger partial charge on any atom is -0.396 e. The van der Waals surface area contributed by atoms with E-state index >= 15 is 0 Å². The highest BCUT2D eigenvalue weighted by Crippen LogP contribution is 2.39. The van der Waals surface area contributed by atoms with E-state index in [-0.39, 0.29) is 12.5 Å². The van der Waals surface area contributed by atoms with Crippen molar-refractivity contribution >= 4 is 28.4 Å². The van der Waals surface area contributed by atoms with E-state index in [1.165, 1.54) is 5.56 Å². The molecular weight excluding hydrogens is 340 g/mol. The lowest BCUT2D eigenvalue weighted by Crippen LogP contribution is -2.38.